The summed E-state index contributed by atoms with van der Waals surface area (Å²) in [4.78, 5) is 1.95. The fourth-order valence-corrected chi connectivity index (χ4v) is 4.06. The smallest absolute Gasteiger partial charge is 0.246 e. The van der Waals surface area contributed by atoms with Crippen molar-refractivity contribution in [3.63, 3.8) is 0 Å². The molecule has 0 bridgehead atoms. The number of halogens is 1. The van der Waals surface area contributed by atoms with Crippen molar-refractivity contribution in [1.29, 1.82) is 0 Å². The Hall–Kier alpha value is -1.02. The van der Waals surface area contributed by atoms with Crippen molar-refractivity contribution in [2.24, 2.45) is 5.73 Å². The van der Waals surface area contributed by atoms with E-state index < -0.39 is 15.8 Å². The zero-order valence-electron chi connectivity index (χ0n) is 12.3. The molecule has 7 heteroatoms. The summed E-state index contributed by atoms with van der Waals surface area (Å²) in [7, 11) is -3.79. The second-order valence-corrected chi connectivity index (χ2v) is 7.12. The van der Waals surface area contributed by atoms with E-state index in [9.17, 15) is 12.8 Å². The number of nitrogens with two attached hydrogens (primary N) is 1. The molecule has 0 radical (unpaired) electrons. The summed E-state index contributed by atoms with van der Waals surface area (Å²) in [6.45, 7) is 5.41. The molecule has 1 aliphatic rings. The van der Waals surface area contributed by atoms with E-state index in [0.717, 1.165) is 13.0 Å². The molecule has 2 rings (SSSR count). The van der Waals surface area contributed by atoms with Crippen LogP contribution in [0.1, 0.15) is 18.9 Å². The molecule has 21 heavy (non-hydrogen) atoms. The Morgan fingerprint density at radius 2 is 1.90 bits per heavy atom. The van der Waals surface area contributed by atoms with Gasteiger partial charge in [0.15, 0.2) is 0 Å². The second-order valence-electron chi connectivity index (χ2n) is 5.21. The maximum absolute atomic E-state index is 13.9. The number of hydrogen-bond donors (Lipinski definition) is 1. The molecule has 0 aromatic heterocycles. The van der Waals surface area contributed by atoms with Gasteiger partial charge in [-0.15, -0.1) is 0 Å². The average Bonchev–Trinajstić information content (AvgIpc) is 2.48. The van der Waals surface area contributed by atoms with Crippen LogP contribution in [0, 0.1) is 5.82 Å². The Labute approximate surface area is 125 Å². The van der Waals surface area contributed by atoms with Crippen molar-refractivity contribution in [3.8, 4) is 0 Å². The fraction of sp³-hybridized carbons (Fsp3) is 0.571. The van der Waals surface area contributed by atoms with E-state index in [0.29, 0.717) is 31.7 Å². The minimum absolute atomic E-state index is 0.188. The van der Waals surface area contributed by atoms with E-state index >= 15 is 0 Å². The number of sulfonamides is 1. The summed E-state index contributed by atoms with van der Waals surface area (Å²) in [5, 5.41) is 0. The molecule has 1 saturated heterocycles. The normalized spacial score (nSPS) is 18.0. The number of benzene rings is 1. The molecule has 0 atom stereocenters. The number of piperazine rings is 1. The predicted octanol–water partition coefficient (Wildman–Crippen LogP) is 1.00. The molecule has 1 aromatic rings. The lowest BCUT2D eigenvalue weighted by atomic mass is 10.2. The lowest BCUT2D eigenvalue weighted by Gasteiger charge is -2.33. The molecule has 0 spiro atoms. The van der Waals surface area contributed by atoms with E-state index in [2.05, 4.69) is 11.8 Å². The third-order valence-corrected chi connectivity index (χ3v) is 5.63. The van der Waals surface area contributed by atoms with Crippen molar-refractivity contribution in [2.75, 3.05) is 32.7 Å². The molecule has 118 valence electrons. The van der Waals surface area contributed by atoms with Gasteiger partial charge in [-0.3, -0.25) is 0 Å². The van der Waals surface area contributed by atoms with Crippen molar-refractivity contribution in [1.82, 2.24) is 9.21 Å². The number of nitrogens with zero attached hydrogens (tertiary/aromatic N) is 2. The highest BCUT2D eigenvalue weighted by Gasteiger charge is 2.30. The minimum Gasteiger partial charge on any atom is -0.326 e. The second kappa shape index (κ2) is 6.83. The van der Waals surface area contributed by atoms with Crippen LogP contribution in [0.2, 0.25) is 0 Å². The van der Waals surface area contributed by atoms with Crippen LogP contribution in [-0.2, 0) is 16.6 Å². The van der Waals surface area contributed by atoms with E-state index in [1.165, 1.54) is 22.5 Å². The van der Waals surface area contributed by atoms with Crippen LogP contribution in [0.3, 0.4) is 0 Å². The molecule has 5 nitrogen and oxygen atoms in total. The maximum atomic E-state index is 13.9. The molecular weight excluding hydrogens is 293 g/mol. The maximum Gasteiger partial charge on any atom is 0.246 e. The zero-order valence-corrected chi connectivity index (χ0v) is 13.1. The Morgan fingerprint density at radius 1 is 1.24 bits per heavy atom. The van der Waals surface area contributed by atoms with Crippen LogP contribution in [-0.4, -0.2) is 50.3 Å². The molecular formula is C14H22FN3O2S. The van der Waals surface area contributed by atoms with E-state index in [1.807, 2.05) is 0 Å². The van der Waals surface area contributed by atoms with Crippen molar-refractivity contribution < 1.29 is 12.8 Å². The van der Waals surface area contributed by atoms with Gasteiger partial charge in [-0.2, -0.15) is 4.31 Å². The fourth-order valence-electron chi connectivity index (χ4n) is 2.52. The quantitative estimate of drug-likeness (QED) is 0.880. The van der Waals surface area contributed by atoms with Gasteiger partial charge < -0.3 is 10.6 Å². The molecule has 0 saturated carbocycles. The first-order chi connectivity index (χ1) is 9.98. The Morgan fingerprint density at radius 3 is 2.48 bits per heavy atom. The molecule has 1 aromatic carbocycles. The first-order valence-electron chi connectivity index (χ1n) is 7.20. The van der Waals surface area contributed by atoms with Crippen LogP contribution in [0.4, 0.5) is 4.39 Å². The third kappa shape index (κ3) is 3.60. The topological polar surface area (TPSA) is 66.6 Å². The molecule has 2 N–H and O–H groups in total. The third-order valence-electron chi connectivity index (χ3n) is 3.72. The van der Waals surface area contributed by atoms with E-state index in [1.54, 1.807) is 0 Å². The SMILES string of the molecule is CCCN1CCN(S(=O)(=O)c2cc(CN)ccc2F)CC1. The summed E-state index contributed by atoms with van der Waals surface area (Å²) >= 11 is 0. The largest absolute Gasteiger partial charge is 0.326 e. The number of rotatable bonds is 5. The van der Waals surface area contributed by atoms with Crippen molar-refractivity contribution in [2.45, 2.75) is 24.8 Å². The lowest BCUT2D eigenvalue weighted by Crippen LogP contribution is -2.48. The van der Waals surface area contributed by atoms with Crippen LogP contribution in [0.5, 0.6) is 0 Å². The van der Waals surface area contributed by atoms with Gasteiger partial charge in [-0.05, 0) is 30.7 Å². The van der Waals surface area contributed by atoms with Gasteiger partial charge >= 0.3 is 0 Å². The van der Waals surface area contributed by atoms with Gasteiger partial charge in [0.05, 0.1) is 0 Å². The minimum atomic E-state index is -3.79. The Balaban J connectivity index is 2.19. The van der Waals surface area contributed by atoms with Gasteiger partial charge in [-0.25, -0.2) is 12.8 Å². The van der Waals surface area contributed by atoms with Crippen LogP contribution < -0.4 is 5.73 Å². The highest BCUT2D eigenvalue weighted by Crippen LogP contribution is 2.22. The summed E-state index contributed by atoms with van der Waals surface area (Å²) in [6.07, 6.45) is 1.04. The molecule has 1 aliphatic heterocycles. The molecule has 1 fully saturated rings. The standard InChI is InChI=1S/C14H22FN3O2S/c1-2-5-17-6-8-18(9-7-17)21(19,20)14-10-12(11-16)3-4-13(14)15/h3-4,10H,2,5-9,11,16H2,1H3. The monoisotopic (exact) mass is 315 g/mol. The van der Waals surface area contributed by atoms with Crippen molar-refractivity contribution in [3.05, 3.63) is 29.6 Å². The van der Waals surface area contributed by atoms with Crippen LogP contribution in [0.15, 0.2) is 23.1 Å². The lowest BCUT2D eigenvalue weighted by molar-refractivity contribution is 0.188. The number of hydrogen-bond acceptors (Lipinski definition) is 4. The summed E-state index contributed by atoms with van der Waals surface area (Å²) in [5.41, 5.74) is 6.12. The highest BCUT2D eigenvalue weighted by molar-refractivity contribution is 7.89. The Kier molecular flexibility index (Phi) is 5.32. The van der Waals surface area contributed by atoms with Gasteiger partial charge in [-0.1, -0.05) is 13.0 Å². The van der Waals surface area contributed by atoms with E-state index in [4.69, 9.17) is 5.73 Å². The van der Waals surface area contributed by atoms with Crippen molar-refractivity contribution >= 4 is 10.0 Å². The average molecular weight is 315 g/mol. The Bertz CT molecular complexity index is 584. The van der Waals surface area contributed by atoms with Gasteiger partial charge in [0.2, 0.25) is 10.0 Å². The molecule has 1 heterocycles. The summed E-state index contributed by atoms with van der Waals surface area (Å²) < 4.78 is 40.4. The van der Waals surface area contributed by atoms with Gasteiger partial charge in [0, 0.05) is 32.7 Å². The zero-order chi connectivity index (χ0) is 15.5. The summed E-state index contributed by atoms with van der Waals surface area (Å²) in [6, 6.07) is 4.01. The first-order valence-corrected chi connectivity index (χ1v) is 8.64. The molecule has 0 amide bonds. The summed E-state index contributed by atoms with van der Waals surface area (Å²) in [5.74, 6) is -0.719. The van der Waals surface area contributed by atoms with Gasteiger partial charge in [0.25, 0.3) is 0 Å². The highest BCUT2D eigenvalue weighted by atomic mass is 32.2. The predicted molar refractivity (Wildman–Crippen MR) is 79.8 cm³/mol. The van der Waals surface area contributed by atoms with Crippen LogP contribution in [0.25, 0.3) is 0 Å². The molecule has 0 aliphatic carbocycles. The van der Waals surface area contributed by atoms with Crippen LogP contribution >= 0.6 is 0 Å². The first kappa shape index (κ1) is 16.4. The van der Waals surface area contributed by atoms with Gasteiger partial charge in [0.1, 0.15) is 10.7 Å². The molecule has 0 unspecified atom stereocenters. The van der Waals surface area contributed by atoms with E-state index in [-0.39, 0.29) is 11.4 Å².